The molecule has 0 saturated carbocycles. The second-order valence-corrected chi connectivity index (χ2v) is 5.58. The highest BCUT2D eigenvalue weighted by Crippen LogP contribution is 2.14. The minimum Gasteiger partial charge on any atom is -0.491 e. The molecule has 1 saturated heterocycles. The zero-order chi connectivity index (χ0) is 14.2. The molecular formula is C16H27N3O. The number of nitrogens with one attached hydrogen (secondary N) is 2. The summed E-state index contributed by atoms with van der Waals surface area (Å²) in [5.41, 5.74) is 1.28. The largest absolute Gasteiger partial charge is 0.491 e. The Morgan fingerprint density at radius 3 is 2.85 bits per heavy atom. The monoisotopic (exact) mass is 277 g/mol. The highest BCUT2D eigenvalue weighted by Gasteiger charge is 2.08. The number of ether oxygens (including phenoxy) is 1. The third-order valence-electron chi connectivity index (χ3n) is 3.41. The molecule has 1 heterocycles. The van der Waals surface area contributed by atoms with Gasteiger partial charge in [0.25, 0.3) is 0 Å². The quantitative estimate of drug-likeness (QED) is 0.740. The van der Waals surface area contributed by atoms with Crippen LogP contribution in [0.5, 0.6) is 5.75 Å². The van der Waals surface area contributed by atoms with Crippen LogP contribution in [0.1, 0.15) is 19.4 Å². The lowest BCUT2D eigenvalue weighted by Crippen LogP contribution is -2.45. The molecule has 4 heteroatoms. The van der Waals surface area contributed by atoms with E-state index in [2.05, 4.69) is 47.6 Å². The molecule has 4 nitrogen and oxygen atoms in total. The molecule has 0 aromatic heterocycles. The van der Waals surface area contributed by atoms with E-state index in [0.29, 0.717) is 0 Å². The van der Waals surface area contributed by atoms with Crippen LogP contribution in [0.3, 0.4) is 0 Å². The van der Waals surface area contributed by atoms with Gasteiger partial charge in [-0.05, 0) is 31.5 Å². The van der Waals surface area contributed by atoms with E-state index >= 15 is 0 Å². The standard InChI is InChI=1S/C16H27N3O/c1-14(2)20-16-5-3-4-15(12-16)13-18-8-11-19-9-6-17-7-10-19/h3-5,12,14,17-18H,6-11,13H2,1-2H3. The first-order chi connectivity index (χ1) is 9.74. The summed E-state index contributed by atoms with van der Waals surface area (Å²) in [4.78, 5) is 2.50. The topological polar surface area (TPSA) is 36.5 Å². The first-order valence-corrected chi connectivity index (χ1v) is 7.63. The van der Waals surface area contributed by atoms with Gasteiger partial charge >= 0.3 is 0 Å². The zero-order valence-electron chi connectivity index (χ0n) is 12.7. The lowest BCUT2D eigenvalue weighted by molar-refractivity contribution is 0.240. The Kier molecular flexibility index (Phi) is 6.30. The van der Waals surface area contributed by atoms with Crippen LogP contribution in [0, 0.1) is 0 Å². The van der Waals surface area contributed by atoms with Crippen molar-refractivity contribution in [1.29, 1.82) is 0 Å². The van der Waals surface area contributed by atoms with Crippen LogP contribution in [0.4, 0.5) is 0 Å². The number of benzene rings is 1. The number of hydrogen-bond donors (Lipinski definition) is 2. The van der Waals surface area contributed by atoms with Crippen molar-refractivity contribution in [2.45, 2.75) is 26.5 Å². The van der Waals surface area contributed by atoms with E-state index in [4.69, 9.17) is 4.74 Å². The molecule has 0 bridgehead atoms. The number of rotatable bonds is 7. The summed E-state index contributed by atoms with van der Waals surface area (Å²) < 4.78 is 5.71. The van der Waals surface area contributed by atoms with Crippen molar-refractivity contribution in [3.05, 3.63) is 29.8 Å². The highest BCUT2D eigenvalue weighted by molar-refractivity contribution is 5.28. The molecule has 112 valence electrons. The molecule has 2 N–H and O–H groups in total. The Hall–Kier alpha value is -1.10. The summed E-state index contributed by atoms with van der Waals surface area (Å²) in [6, 6.07) is 8.35. The third kappa shape index (κ3) is 5.49. The molecule has 0 radical (unpaired) electrons. The number of hydrogen-bond acceptors (Lipinski definition) is 4. The minimum atomic E-state index is 0.228. The Morgan fingerprint density at radius 1 is 1.30 bits per heavy atom. The Balaban J connectivity index is 1.68. The molecule has 1 aliphatic rings. The molecule has 0 spiro atoms. The van der Waals surface area contributed by atoms with Crippen molar-refractivity contribution in [2.24, 2.45) is 0 Å². The van der Waals surface area contributed by atoms with E-state index in [1.54, 1.807) is 0 Å². The summed E-state index contributed by atoms with van der Waals surface area (Å²) in [6.45, 7) is 11.7. The highest BCUT2D eigenvalue weighted by atomic mass is 16.5. The Morgan fingerprint density at radius 2 is 2.10 bits per heavy atom. The van der Waals surface area contributed by atoms with Gasteiger partial charge in [0.15, 0.2) is 0 Å². The van der Waals surface area contributed by atoms with Crippen LogP contribution >= 0.6 is 0 Å². The summed E-state index contributed by atoms with van der Waals surface area (Å²) in [5.74, 6) is 0.960. The van der Waals surface area contributed by atoms with E-state index in [0.717, 1.165) is 38.5 Å². The maximum atomic E-state index is 5.71. The number of nitrogens with zero attached hydrogens (tertiary/aromatic N) is 1. The van der Waals surface area contributed by atoms with Crippen molar-refractivity contribution < 1.29 is 4.74 Å². The van der Waals surface area contributed by atoms with E-state index in [1.165, 1.54) is 18.7 Å². The summed E-state index contributed by atoms with van der Waals surface area (Å²) in [7, 11) is 0. The maximum absolute atomic E-state index is 5.71. The van der Waals surface area contributed by atoms with Gasteiger partial charge in [-0.2, -0.15) is 0 Å². The first-order valence-electron chi connectivity index (χ1n) is 7.63. The predicted octanol–water partition coefficient (Wildman–Crippen LogP) is 1.47. The van der Waals surface area contributed by atoms with Gasteiger partial charge in [0, 0.05) is 45.8 Å². The van der Waals surface area contributed by atoms with Crippen molar-refractivity contribution in [1.82, 2.24) is 15.5 Å². The average molecular weight is 277 g/mol. The van der Waals surface area contributed by atoms with Crippen LogP contribution in [-0.2, 0) is 6.54 Å². The van der Waals surface area contributed by atoms with Crippen LogP contribution < -0.4 is 15.4 Å². The molecule has 0 unspecified atom stereocenters. The van der Waals surface area contributed by atoms with Gasteiger partial charge in [0.2, 0.25) is 0 Å². The fourth-order valence-corrected chi connectivity index (χ4v) is 2.41. The molecule has 1 fully saturated rings. The molecule has 0 amide bonds. The van der Waals surface area contributed by atoms with Gasteiger partial charge in [-0.25, -0.2) is 0 Å². The second kappa shape index (κ2) is 8.25. The first kappa shape index (κ1) is 15.3. The van der Waals surface area contributed by atoms with Crippen LogP contribution in [0.15, 0.2) is 24.3 Å². The van der Waals surface area contributed by atoms with Crippen molar-refractivity contribution in [3.63, 3.8) is 0 Å². The van der Waals surface area contributed by atoms with Crippen LogP contribution in [0.25, 0.3) is 0 Å². The molecule has 0 aliphatic carbocycles. The molecule has 0 atom stereocenters. The molecular weight excluding hydrogens is 250 g/mol. The third-order valence-corrected chi connectivity index (χ3v) is 3.41. The van der Waals surface area contributed by atoms with Gasteiger partial charge in [-0.3, -0.25) is 4.90 Å². The fraction of sp³-hybridized carbons (Fsp3) is 0.625. The van der Waals surface area contributed by atoms with Gasteiger partial charge in [-0.1, -0.05) is 12.1 Å². The Bertz CT molecular complexity index is 389. The summed E-state index contributed by atoms with van der Waals surface area (Å²) in [6.07, 6.45) is 0.228. The SMILES string of the molecule is CC(C)Oc1cccc(CNCCN2CCNCC2)c1. The zero-order valence-corrected chi connectivity index (χ0v) is 12.7. The molecule has 1 aromatic rings. The molecule has 2 rings (SSSR count). The van der Waals surface area contributed by atoms with E-state index in [9.17, 15) is 0 Å². The Labute approximate surface area is 122 Å². The van der Waals surface area contributed by atoms with E-state index in [-0.39, 0.29) is 6.10 Å². The smallest absolute Gasteiger partial charge is 0.120 e. The normalized spacial score (nSPS) is 16.6. The molecule has 1 aliphatic heterocycles. The van der Waals surface area contributed by atoms with Crippen molar-refractivity contribution >= 4 is 0 Å². The average Bonchev–Trinajstić information content (AvgIpc) is 2.44. The summed E-state index contributed by atoms with van der Waals surface area (Å²) >= 11 is 0. The number of piperazine rings is 1. The van der Waals surface area contributed by atoms with E-state index < -0.39 is 0 Å². The maximum Gasteiger partial charge on any atom is 0.120 e. The lowest BCUT2D eigenvalue weighted by Gasteiger charge is -2.27. The molecule has 1 aromatic carbocycles. The minimum absolute atomic E-state index is 0.228. The van der Waals surface area contributed by atoms with Crippen molar-refractivity contribution in [3.8, 4) is 5.75 Å². The van der Waals surface area contributed by atoms with Crippen LogP contribution in [-0.4, -0.2) is 50.3 Å². The predicted molar refractivity (Wildman–Crippen MR) is 83.2 cm³/mol. The van der Waals surface area contributed by atoms with Crippen LogP contribution in [0.2, 0.25) is 0 Å². The van der Waals surface area contributed by atoms with Crippen molar-refractivity contribution in [2.75, 3.05) is 39.3 Å². The fourth-order valence-electron chi connectivity index (χ4n) is 2.41. The van der Waals surface area contributed by atoms with E-state index in [1.807, 2.05) is 6.07 Å². The van der Waals surface area contributed by atoms with Gasteiger partial charge in [-0.15, -0.1) is 0 Å². The molecule has 20 heavy (non-hydrogen) atoms. The van der Waals surface area contributed by atoms with Gasteiger partial charge < -0.3 is 15.4 Å². The second-order valence-electron chi connectivity index (χ2n) is 5.58. The summed E-state index contributed by atoms with van der Waals surface area (Å²) in [5, 5.41) is 6.89. The lowest BCUT2D eigenvalue weighted by atomic mass is 10.2. The van der Waals surface area contributed by atoms with Gasteiger partial charge in [0.1, 0.15) is 5.75 Å². The van der Waals surface area contributed by atoms with Gasteiger partial charge in [0.05, 0.1) is 6.10 Å².